The highest BCUT2D eigenvalue weighted by Gasteiger charge is 2.36. The molecule has 0 radical (unpaired) electrons. The summed E-state index contributed by atoms with van der Waals surface area (Å²) < 4.78 is 148. The molecule has 1 atom stereocenters. The predicted octanol–water partition coefficient (Wildman–Crippen LogP) is 5.09. The Hall–Kier alpha value is -2.91. The van der Waals surface area contributed by atoms with Crippen LogP contribution in [0.25, 0.3) is 0 Å². The van der Waals surface area contributed by atoms with Gasteiger partial charge in [0.25, 0.3) is 0 Å². The summed E-state index contributed by atoms with van der Waals surface area (Å²) in [6.45, 7) is -9.65. The summed E-state index contributed by atoms with van der Waals surface area (Å²) in [5.41, 5.74) is -2.88. The number of ether oxygens (including phenoxy) is 4. The normalized spacial score (nSPS) is 22.4. The number of methoxy groups -OCH3 is 4. The van der Waals surface area contributed by atoms with E-state index in [2.05, 4.69) is 0 Å². The maximum atomic E-state index is 10.6. The summed E-state index contributed by atoms with van der Waals surface area (Å²) in [6, 6.07) is 8.64. The van der Waals surface area contributed by atoms with Crippen LogP contribution in [0.4, 0.5) is 0 Å². The van der Waals surface area contributed by atoms with Gasteiger partial charge < -0.3 is 23.8 Å². The van der Waals surface area contributed by atoms with Gasteiger partial charge >= 0.3 is 0 Å². The Morgan fingerprint density at radius 3 is 2.33 bits per heavy atom. The first-order valence-electron chi connectivity index (χ1n) is 17.9. The lowest BCUT2D eigenvalue weighted by atomic mass is 9.69. The minimum atomic E-state index is -3.30. The molecule has 0 amide bonds. The van der Waals surface area contributed by atoms with Crippen molar-refractivity contribution in [2.24, 2.45) is 5.92 Å². The fourth-order valence-corrected chi connectivity index (χ4v) is 3.31. The number of hydrogen-bond acceptors (Lipinski definition) is 6. The maximum absolute atomic E-state index is 10.6. The molecule has 0 spiro atoms. The van der Waals surface area contributed by atoms with Crippen molar-refractivity contribution >= 4 is 0 Å². The first-order chi connectivity index (χ1) is 22.1. The zero-order chi connectivity index (χ0) is 38.0. The zero-order valence-electron chi connectivity index (χ0n) is 34.7. The van der Waals surface area contributed by atoms with Crippen LogP contribution in [0.15, 0.2) is 36.4 Å². The number of aryl methyl sites for hydroxylation is 1. The van der Waals surface area contributed by atoms with Gasteiger partial charge in [-0.25, -0.2) is 0 Å². The van der Waals surface area contributed by atoms with Gasteiger partial charge in [0.1, 0.15) is 0 Å². The maximum Gasteiger partial charge on any atom is 0.161 e. The van der Waals surface area contributed by atoms with E-state index >= 15 is 0 Å². The largest absolute Gasteiger partial charge is 0.493 e. The van der Waals surface area contributed by atoms with Crippen LogP contribution >= 0.6 is 0 Å². The lowest BCUT2D eigenvalue weighted by molar-refractivity contribution is 0.292. The number of rotatable bonds is 13. The van der Waals surface area contributed by atoms with Gasteiger partial charge in [0.2, 0.25) is 0 Å². The van der Waals surface area contributed by atoms with Gasteiger partial charge in [-0.05, 0) is 74.1 Å². The van der Waals surface area contributed by atoms with Gasteiger partial charge in [0.15, 0.2) is 23.0 Å². The second-order valence-electron chi connectivity index (χ2n) is 7.21. The Kier molecular flexibility index (Phi) is 4.30. The minimum Gasteiger partial charge on any atom is -0.493 e. The quantitative estimate of drug-likeness (QED) is 0.406. The Balaban J connectivity index is 2.65. The van der Waals surface area contributed by atoms with Crippen molar-refractivity contribution in [3.63, 3.8) is 0 Å². The molecule has 1 unspecified atom stereocenters. The second kappa shape index (κ2) is 12.4. The number of nitriles is 1. The summed E-state index contributed by atoms with van der Waals surface area (Å²) in [5.74, 6) is -3.27. The number of hydrogen-bond donors (Lipinski definition) is 0. The standard InChI is InChI=1S/C27H38N2O4/c1-20(2)27(19-28,22-10-12-24(31-5)26(18-22)33-7)14-8-15-29(3)16-13-21-9-11-23(30-4)25(17-21)32-6/h9-12,17-18,20H,8,13-16H2,1-7H3/i1D3,2D3,5D3,7D3,13D2,16D2. The van der Waals surface area contributed by atoms with E-state index in [-0.39, 0.29) is 35.6 Å². The molecule has 33 heavy (non-hydrogen) atoms. The van der Waals surface area contributed by atoms with Crippen molar-refractivity contribution in [2.45, 2.75) is 38.3 Å². The first-order valence-corrected chi connectivity index (χ1v) is 9.95. The van der Waals surface area contributed by atoms with Crippen molar-refractivity contribution < 1.29 is 40.9 Å². The van der Waals surface area contributed by atoms with E-state index in [0.717, 1.165) is 23.1 Å². The van der Waals surface area contributed by atoms with Crippen molar-refractivity contribution in [3.05, 3.63) is 47.5 Å². The molecule has 6 nitrogen and oxygen atoms in total. The molecule has 0 aromatic heterocycles. The first kappa shape index (κ1) is 11.5. The van der Waals surface area contributed by atoms with E-state index in [9.17, 15) is 5.26 Å². The molecule has 0 aliphatic carbocycles. The average molecular weight is 471 g/mol. The highest BCUT2D eigenvalue weighted by atomic mass is 16.5. The number of nitrogens with zero attached hydrogens (tertiary/aromatic N) is 2. The van der Waals surface area contributed by atoms with E-state index in [1.807, 2.05) is 6.07 Å². The van der Waals surface area contributed by atoms with Crippen LogP contribution < -0.4 is 18.9 Å². The van der Waals surface area contributed by atoms with Gasteiger partial charge in [-0.15, -0.1) is 0 Å². The van der Waals surface area contributed by atoms with Crippen LogP contribution in [-0.4, -0.2) is 53.3 Å². The Labute approximate surface area is 221 Å². The summed E-state index contributed by atoms with van der Waals surface area (Å²) in [7, 11) is -2.29. The molecule has 2 aromatic rings. The Morgan fingerprint density at radius 2 is 1.67 bits per heavy atom. The SMILES string of the molecule is [2H]C([2H])([2H])Oc1ccc(C(C#N)(CCCN(C)C([2H])([2H])C([2H])([2H])c2ccc(OC)c(OC)c2)C(C([2H])([2H])[2H])C([2H])([2H])[2H])cc1OC([2H])([2H])[2H]. The number of benzene rings is 2. The molecule has 2 rings (SSSR count). The number of likely N-dealkylation sites (N-methyl/N-ethyl adjacent to an activating group) is 1. The zero-order valence-corrected chi connectivity index (χ0v) is 18.7. The van der Waals surface area contributed by atoms with Gasteiger partial charge in [-0.1, -0.05) is 25.8 Å². The van der Waals surface area contributed by atoms with Crippen LogP contribution in [0.5, 0.6) is 23.0 Å². The predicted molar refractivity (Wildman–Crippen MR) is 132 cm³/mol. The third-order valence-corrected chi connectivity index (χ3v) is 5.21. The van der Waals surface area contributed by atoms with Crippen LogP contribution in [0.2, 0.25) is 0 Å². The molecule has 180 valence electrons. The third-order valence-electron chi connectivity index (χ3n) is 5.21. The van der Waals surface area contributed by atoms with E-state index < -0.39 is 69.9 Å². The second-order valence-corrected chi connectivity index (χ2v) is 7.21. The van der Waals surface area contributed by atoms with Crippen LogP contribution in [0.3, 0.4) is 0 Å². The average Bonchev–Trinajstić information content (AvgIpc) is 2.93. The minimum absolute atomic E-state index is 0.0978. The molecule has 2 aromatic carbocycles. The fraction of sp³-hybridized carbons (Fsp3) is 0.519. The smallest absolute Gasteiger partial charge is 0.161 e. The summed E-state index contributed by atoms with van der Waals surface area (Å²) in [6.07, 6.45) is -3.50. The summed E-state index contributed by atoms with van der Waals surface area (Å²) in [4.78, 5) is 0.988. The molecule has 0 fully saturated rings. The molecule has 6 heteroatoms. The Bertz CT molecular complexity index is 1470. The summed E-state index contributed by atoms with van der Waals surface area (Å²) >= 11 is 0. The molecule has 0 heterocycles. The van der Waals surface area contributed by atoms with Crippen LogP contribution in [0.1, 0.15) is 59.6 Å². The van der Waals surface area contributed by atoms with Gasteiger partial charge in [-0.2, -0.15) is 5.26 Å². The third kappa shape index (κ3) is 6.33. The molecule has 0 N–H and O–H groups in total. The molecular weight excluding hydrogens is 416 g/mol. The molecule has 0 aliphatic rings. The fourth-order valence-electron chi connectivity index (χ4n) is 3.31. The summed E-state index contributed by atoms with van der Waals surface area (Å²) in [5, 5.41) is 10.6. The lowest BCUT2D eigenvalue weighted by Crippen LogP contribution is -2.32. The van der Waals surface area contributed by atoms with Crippen LogP contribution in [0, 0.1) is 17.2 Å². The molecule has 0 aliphatic heterocycles. The molecule has 0 saturated carbocycles. The van der Waals surface area contributed by atoms with Crippen molar-refractivity contribution in [2.75, 3.05) is 48.4 Å². The van der Waals surface area contributed by atoms with Gasteiger partial charge in [-0.3, -0.25) is 0 Å². The van der Waals surface area contributed by atoms with Crippen molar-refractivity contribution in [3.8, 4) is 29.1 Å². The van der Waals surface area contributed by atoms with Gasteiger partial charge in [0.05, 0.1) is 48.0 Å². The Morgan fingerprint density at radius 1 is 1.00 bits per heavy atom. The molecule has 0 bridgehead atoms. The highest BCUT2D eigenvalue weighted by Crippen LogP contribution is 2.40. The van der Waals surface area contributed by atoms with E-state index in [1.54, 1.807) is 0 Å². The van der Waals surface area contributed by atoms with Gasteiger partial charge in [0, 0.05) is 20.2 Å². The van der Waals surface area contributed by atoms with E-state index in [0.29, 0.717) is 0 Å². The highest BCUT2D eigenvalue weighted by molar-refractivity contribution is 5.47. The van der Waals surface area contributed by atoms with Crippen LogP contribution in [-0.2, 0) is 11.8 Å². The molecule has 0 saturated heterocycles. The monoisotopic (exact) mass is 470 g/mol. The molecular formula is C27H38N2O4. The topological polar surface area (TPSA) is 64.0 Å². The van der Waals surface area contributed by atoms with Crippen molar-refractivity contribution in [1.29, 1.82) is 5.26 Å². The van der Waals surface area contributed by atoms with E-state index in [1.165, 1.54) is 39.5 Å². The van der Waals surface area contributed by atoms with E-state index in [4.69, 9.17) is 40.9 Å². The lowest BCUT2D eigenvalue weighted by Gasteiger charge is -2.32. The van der Waals surface area contributed by atoms with Crippen molar-refractivity contribution in [1.82, 2.24) is 4.90 Å².